The Labute approximate surface area is 124 Å². The number of hydrogen-bond acceptors (Lipinski definition) is 5. The summed E-state index contributed by atoms with van der Waals surface area (Å²) in [5.41, 5.74) is 1.18. The van der Waals surface area contributed by atoms with Crippen molar-refractivity contribution in [3.63, 3.8) is 0 Å². The van der Waals surface area contributed by atoms with Crippen LogP contribution in [0, 0.1) is 0 Å². The molecule has 2 aromatic heterocycles. The Hall–Kier alpha value is -1.11. The summed E-state index contributed by atoms with van der Waals surface area (Å²) in [6, 6.07) is 0.435. The highest BCUT2D eigenvalue weighted by Crippen LogP contribution is 2.25. The smallest absolute Gasteiger partial charge is 0.195 e. The van der Waals surface area contributed by atoms with Crippen LogP contribution in [-0.2, 0) is 6.54 Å². The second kappa shape index (κ2) is 7.06. The Morgan fingerprint density at radius 3 is 2.90 bits per heavy atom. The Morgan fingerprint density at radius 1 is 1.45 bits per heavy atom. The van der Waals surface area contributed by atoms with Gasteiger partial charge in [0.1, 0.15) is 0 Å². The van der Waals surface area contributed by atoms with Crippen LogP contribution in [0.25, 0.3) is 4.96 Å². The monoisotopic (exact) mass is 296 g/mol. The maximum atomic E-state index is 9.27. The summed E-state index contributed by atoms with van der Waals surface area (Å²) in [6.45, 7) is 8.92. The van der Waals surface area contributed by atoms with Crippen LogP contribution in [0.1, 0.15) is 32.9 Å². The van der Waals surface area contributed by atoms with Gasteiger partial charge in [-0.2, -0.15) is 0 Å². The largest absolute Gasteiger partial charge is 0.395 e. The van der Waals surface area contributed by atoms with E-state index in [2.05, 4.69) is 47.0 Å². The number of thiazole rings is 1. The second-order valence-corrected chi connectivity index (χ2v) is 6.06. The van der Waals surface area contributed by atoms with Crippen molar-refractivity contribution >= 4 is 22.1 Å². The van der Waals surface area contributed by atoms with Crippen molar-refractivity contribution in [1.29, 1.82) is 0 Å². The number of hydrogen-bond donors (Lipinski definition) is 2. The number of imidazole rings is 1. The van der Waals surface area contributed by atoms with Gasteiger partial charge in [-0.3, -0.25) is 4.40 Å². The van der Waals surface area contributed by atoms with E-state index in [1.165, 1.54) is 5.69 Å². The average Bonchev–Trinajstić information content (AvgIpc) is 2.96. The number of aliphatic hydroxyl groups is 1. The first-order valence-corrected chi connectivity index (χ1v) is 8.09. The predicted molar refractivity (Wildman–Crippen MR) is 84.6 cm³/mol. The van der Waals surface area contributed by atoms with Gasteiger partial charge in [-0.15, -0.1) is 11.3 Å². The summed E-state index contributed by atoms with van der Waals surface area (Å²) in [5.74, 6) is 1.00. The first kappa shape index (κ1) is 15.3. The summed E-state index contributed by atoms with van der Waals surface area (Å²) in [7, 11) is 0. The van der Waals surface area contributed by atoms with Crippen molar-refractivity contribution in [3.8, 4) is 0 Å². The maximum absolute atomic E-state index is 9.27. The molecule has 2 heterocycles. The van der Waals surface area contributed by atoms with Gasteiger partial charge in [0.25, 0.3) is 0 Å². The maximum Gasteiger partial charge on any atom is 0.195 e. The second-order valence-electron chi connectivity index (χ2n) is 5.18. The quantitative estimate of drug-likeness (QED) is 0.783. The highest BCUT2D eigenvalue weighted by atomic mass is 32.1. The number of aromatic nitrogens is 2. The van der Waals surface area contributed by atoms with Gasteiger partial charge in [-0.05, 0) is 6.42 Å². The fourth-order valence-electron chi connectivity index (χ4n) is 2.25. The molecule has 0 spiro atoms. The molecule has 2 aromatic rings. The van der Waals surface area contributed by atoms with Crippen LogP contribution >= 0.6 is 11.3 Å². The van der Waals surface area contributed by atoms with E-state index < -0.39 is 0 Å². The Balaban J connectivity index is 2.33. The molecular formula is C14H24N4OS. The molecule has 5 nitrogen and oxygen atoms in total. The lowest BCUT2D eigenvalue weighted by atomic mass is 10.3. The number of nitrogens with zero attached hydrogens (tertiary/aromatic N) is 3. The highest BCUT2D eigenvalue weighted by Gasteiger charge is 2.18. The third-order valence-electron chi connectivity index (χ3n) is 3.18. The normalized spacial score (nSPS) is 11.7. The molecule has 0 fully saturated rings. The third-order valence-corrected chi connectivity index (χ3v) is 3.94. The van der Waals surface area contributed by atoms with E-state index in [-0.39, 0.29) is 6.61 Å². The summed E-state index contributed by atoms with van der Waals surface area (Å²) in [4.78, 5) is 7.94. The molecule has 6 heteroatoms. The first-order chi connectivity index (χ1) is 9.67. The molecule has 2 N–H and O–H groups in total. The summed E-state index contributed by atoms with van der Waals surface area (Å²) in [6.07, 6.45) is 3.11. The molecule has 0 saturated carbocycles. The number of anilines is 1. The van der Waals surface area contributed by atoms with Crippen LogP contribution in [0.3, 0.4) is 0 Å². The van der Waals surface area contributed by atoms with E-state index in [0.29, 0.717) is 12.6 Å². The molecule has 0 saturated heterocycles. The first-order valence-electron chi connectivity index (χ1n) is 7.21. The fourth-order valence-corrected chi connectivity index (χ4v) is 2.98. The molecule has 0 aliphatic rings. The van der Waals surface area contributed by atoms with Crippen LogP contribution in [-0.4, -0.2) is 40.2 Å². The van der Waals surface area contributed by atoms with Crippen LogP contribution < -0.4 is 10.2 Å². The van der Waals surface area contributed by atoms with Gasteiger partial charge < -0.3 is 15.3 Å². The summed E-state index contributed by atoms with van der Waals surface area (Å²) in [5, 5.41) is 14.8. The molecule has 0 radical (unpaired) electrons. The molecule has 0 atom stereocenters. The molecule has 0 unspecified atom stereocenters. The number of rotatable bonds is 8. The highest BCUT2D eigenvalue weighted by molar-refractivity contribution is 7.15. The number of nitrogens with one attached hydrogen (secondary N) is 1. The van der Waals surface area contributed by atoms with Gasteiger partial charge in [0.2, 0.25) is 0 Å². The zero-order valence-corrected chi connectivity index (χ0v) is 13.3. The molecule has 0 amide bonds. The summed E-state index contributed by atoms with van der Waals surface area (Å²) < 4.78 is 2.15. The van der Waals surface area contributed by atoms with E-state index >= 15 is 0 Å². The molecule has 112 valence electrons. The molecule has 0 aliphatic heterocycles. The molecule has 0 bridgehead atoms. The number of fused-ring (bicyclic) bond motifs is 1. The van der Waals surface area contributed by atoms with Crippen molar-refractivity contribution < 1.29 is 5.11 Å². The van der Waals surface area contributed by atoms with Crippen LogP contribution in [0.15, 0.2) is 11.6 Å². The molecule has 20 heavy (non-hydrogen) atoms. The summed E-state index contributed by atoms with van der Waals surface area (Å²) >= 11 is 1.65. The van der Waals surface area contributed by atoms with Crippen LogP contribution in [0.4, 0.5) is 5.82 Å². The van der Waals surface area contributed by atoms with Gasteiger partial charge in [-0.25, -0.2) is 4.98 Å². The Morgan fingerprint density at radius 2 is 2.25 bits per heavy atom. The standard InChI is InChI=1S/C14H24N4OS/c1-4-5-17(6-8-19)13-12(10-15-11(2)3)18-7-9-20-14(18)16-13/h7,9,11,15,19H,4-6,8,10H2,1-3H3. The van der Waals surface area contributed by atoms with Crippen molar-refractivity contribution in [2.24, 2.45) is 0 Å². The van der Waals surface area contributed by atoms with Gasteiger partial charge in [0.15, 0.2) is 10.8 Å². The molecule has 0 aromatic carbocycles. The van der Waals surface area contributed by atoms with Crippen LogP contribution in [0.2, 0.25) is 0 Å². The van der Waals surface area contributed by atoms with Crippen molar-refractivity contribution in [2.45, 2.75) is 39.8 Å². The van der Waals surface area contributed by atoms with Crippen LogP contribution in [0.5, 0.6) is 0 Å². The van der Waals surface area contributed by atoms with E-state index in [4.69, 9.17) is 4.98 Å². The van der Waals surface area contributed by atoms with Gasteiger partial charge >= 0.3 is 0 Å². The Bertz CT molecular complexity index is 528. The minimum absolute atomic E-state index is 0.155. The minimum Gasteiger partial charge on any atom is -0.395 e. The SMILES string of the molecule is CCCN(CCO)c1nc2sccn2c1CNC(C)C. The molecule has 2 rings (SSSR count). The zero-order valence-electron chi connectivity index (χ0n) is 12.5. The molecule has 0 aliphatic carbocycles. The Kier molecular flexibility index (Phi) is 5.39. The zero-order chi connectivity index (χ0) is 14.5. The van der Waals surface area contributed by atoms with Crippen molar-refractivity contribution in [3.05, 3.63) is 17.3 Å². The lowest BCUT2D eigenvalue weighted by Crippen LogP contribution is -2.30. The van der Waals surface area contributed by atoms with Gasteiger partial charge in [0.05, 0.1) is 12.3 Å². The average molecular weight is 296 g/mol. The van der Waals surface area contributed by atoms with E-state index in [0.717, 1.165) is 30.3 Å². The van der Waals surface area contributed by atoms with Gasteiger partial charge in [-0.1, -0.05) is 20.8 Å². The van der Waals surface area contributed by atoms with Crippen molar-refractivity contribution in [1.82, 2.24) is 14.7 Å². The topological polar surface area (TPSA) is 52.8 Å². The molecular weight excluding hydrogens is 272 g/mol. The van der Waals surface area contributed by atoms with Crippen molar-refractivity contribution in [2.75, 3.05) is 24.6 Å². The number of aliphatic hydroxyl groups excluding tert-OH is 1. The van der Waals surface area contributed by atoms with E-state index in [1.54, 1.807) is 11.3 Å². The third kappa shape index (κ3) is 3.31. The minimum atomic E-state index is 0.155. The lowest BCUT2D eigenvalue weighted by Gasteiger charge is -2.22. The lowest BCUT2D eigenvalue weighted by molar-refractivity contribution is 0.301. The van der Waals surface area contributed by atoms with Gasteiger partial charge in [0, 0.05) is 37.3 Å². The van der Waals surface area contributed by atoms with E-state index in [1.807, 2.05) is 0 Å². The van der Waals surface area contributed by atoms with E-state index in [9.17, 15) is 5.11 Å². The predicted octanol–water partition coefficient (Wildman–Crippen LogP) is 2.10. The fraction of sp³-hybridized carbons (Fsp3) is 0.643.